The average molecular weight is 358 g/mol. The minimum atomic E-state index is -0.929. The molecule has 1 amide bonds. The first-order valence-corrected chi connectivity index (χ1v) is 8.79. The summed E-state index contributed by atoms with van der Waals surface area (Å²) in [6.07, 6.45) is -0.929. The molecular weight excluding hydrogens is 332 g/mol. The summed E-state index contributed by atoms with van der Waals surface area (Å²) in [6.45, 7) is 10.5. The Morgan fingerprint density at radius 3 is 2.50 bits per heavy atom. The van der Waals surface area contributed by atoms with Gasteiger partial charge in [0.2, 0.25) is 0 Å². The molecule has 1 heterocycles. The zero-order valence-electron chi connectivity index (χ0n) is 16.0. The van der Waals surface area contributed by atoms with Crippen LogP contribution in [0.25, 0.3) is 0 Å². The Balaban J connectivity index is 2.06. The second kappa shape index (κ2) is 8.56. The van der Waals surface area contributed by atoms with Crippen molar-refractivity contribution < 1.29 is 19.1 Å². The van der Waals surface area contributed by atoms with Gasteiger partial charge < -0.3 is 19.4 Å². The molecule has 0 spiro atoms. The summed E-state index contributed by atoms with van der Waals surface area (Å²) in [7, 11) is 0. The fourth-order valence-electron chi connectivity index (χ4n) is 2.86. The number of hydrogen-bond donors (Lipinski definition) is 1. The molecule has 1 N–H and O–H groups in total. The SMILES string of the molecule is CCOc1ccccc1NC(=O)C(C)OC(=O)c1cc(C)n(CC)c1C. The predicted molar refractivity (Wildman–Crippen MR) is 101 cm³/mol. The van der Waals surface area contributed by atoms with Crippen molar-refractivity contribution in [3.05, 3.63) is 47.3 Å². The lowest BCUT2D eigenvalue weighted by Crippen LogP contribution is -2.30. The van der Waals surface area contributed by atoms with E-state index in [0.717, 1.165) is 17.9 Å². The van der Waals surface area contributed by atoms with Gasteiger partial charge in [-0.1, -0.05) is 12.1 Å². The molecule has 2 aromatic rings. The summed E-state index contributed by atoms with van der Waals surface area (Å²) in [4.78, 5) is 24.8. The number of amides is 1. The minimum Gasteiger partial charge on any atom is -0.492 e. The van der Waals surface area contributed by atoms with Crippen LogP contribution in [0.2, 0.25) is 0 Å². The highest BCUT2D eigenvalue weighted by Gasteiger charge is 2.23. The lowest BCUT2D eigenvalue weighted by Gasteiger charge is -2.15. The molecule has 1 aromatic carbocycles. The van der Waals surface area contributed by atoms with E-state index >= 15 is 0 Å². The number of rotatable bonds is 7. The van der Waals surface area contributed by atoms with E-state index in [0.29, 0.717) is 23.6 Å². The summed E-state index contributed by atoms with van der Waals surface area (Å²) >= 11 is 0. The monoisotopic (exact) mass is 358 g/mol. The standard InChI is InChI=1S/C20H26N2O4/c1-6-22-13(3)12-16(14(22)4)20(24)26-15(5)19(23)21-17-10-8-9-11-18(17)25-7-2/h8-12,15H,6-7H2,1-5H3,(H,21,23). The molecule has 0 bridgehead atoms. The van der Waals surface area contributed by atoms with Crippen LogP contribution in [-0.4, -0.2) is 29.2 Å². The van der Waals surface area contributed by atoms with Crippen LogP contribution < -0.4 is 10.1 Å². The third kappa shape index (κ3) is 4.25. The van der Waals surface area contributed by atoms with Gasteiger partial charge in [0.1, 0.15) is 5.75 Å². The first-order chi connectivity index (χ1) is 12.4. The second-order valence-corrected chi connectivity index (χ2v) is 6.00. The molecule has 0 saturated heterocycles. The van der Waals surface area contributed by atoms with Crippen LogP contribution in [0.4, 0.5) is 5.69 Å². The van der Waals surface area contributed by atoms with E-state index in [9.17, 15) is 9.59 Å². The lowest BCUT2D eigenvalue weighted by atomic mass is 10.2. The summed E-state index contributed by atoms with van der Waals surface area (Å²) in [5.41, 5.74) is 2.86. The first kappa shape index (κ1) is 19.6. The van der Waals surface area contributed by atoms with Crippen molar-refractivity contribution in [1.82, 2.24) is 4.57 Å². The molecule has 6 heteroatoms. The third-order valence-corrected chi connectivity index (χ3v) is 4.21. The van der Waals surface area contributed by atoms with Crippen LogP contribution in [0, 0.1) is 13.8 Å². The van der Waals surface area contributed by atoms with Gasteiger partial charge in [-0.3, -0.25) is 4.79 Å². The number of carbonyl (C=O) groups excluding carboxylic acids is 2. The first-order valence-electron chi connectivity index (χ1n) is 8.79. The number of aromatic nitrogens is 1. The molecular formula is C20H26N2O4. The van der Waals surface area contributed by atoms with Crippen molar-refractivity contribution in [2.24, 2.45) is 0 Å². The van der Waals surface area contributed by atoms with Crippen LogP contribution >= 0.6 is 0 Å². The van der Waals surface area contributed by atoms with Crippen molar-refractivity contribution in [2.45, 2.75) is 47.3 Å². The van der Waals surface area contributed by atoms with Crippen LogP contribution in [0.1, 0.15) is 42.5 Å². The Bertz CT molecular complexity index is 795. The van der Waals surface area contributed by atoms with Gasteiger partial charge in [-0.2, -0.15) is 0 Å². The van der Waals surface area contributed by atoms with Crippen LogP contribution in [0.3, 0.4) is 0 Å². The molecule has 0 aliphatic heterocycles. The van der Waals surface area contributed by atoms with Gasteiger partial charge in [-0.25, -0.2) is 4.79 Å². The van der Waals surface area contributed by atoms with E-state index in [1.54, 1.807) is 31.2 Å². The zero-order valence-corrected chi connectivity index (χ0v) is 16.0. The maximum absolute atomic E-state index is 12.4. The van der Waals surface area contributed by atoms with Gasteiger partial charge in [0.25, 0.3) is 5.91 Å². The van der Waals surface area contributed by atoms with E-state index in [-0.39, 0.29) is 0 Å². The number of para-hydroxylation sites is 2. The fraction of sp³-hybridized carbons (Fsp3) is 0.400. The fourth-order valence-corrected chi connectivity index (χ4v) is 2.86. The summed E-state index contributed by atoms with van der Waals surface area (Å²) < 4.78 is 12.9. The van der Waals surface area contributed by atoms with Gasteiger partial charge in [0.15, 0.2) is 6.10 Å². The van der Waals surface area contributed by atoms with Crippen molar-refractivity contribution in [3.63, 3.8) is 0 Å². The molecule has 140 valence electrons. The van der Waals surface area contributed by atoms with Crippen molar-refractivity contribution >= 4 is 17.6 Å². The number of ether oxygens (including phenoxy) is 2. The van der Waals surface area contributed by atoms with Crippen LogP contribution in [0.15, 0.2) is 30.3 Å². The zero-order chi connectivity index (χ0) is 19.3. The molecule has 0 aliphatic rings. The quantitative estimate of drug-likeness (QED) is 0.766. The van der Waals surface area contributed by atoms with Gasteiger partial charge in [0.05, 0.1) is 17.9 Å². The highest BCUT2D eigenvalue weighted by Crippen LogP contribution is 2.24. The van der Waals surface area contributed by atoms with Gasteiger partial charge >= 0.3 is 5.97 Å². The number of esters is 1. The van der Waals surface area contributed by atoms with Crippen molar-refractivity contribution in [3.8, 4) is 5.75 Å². The lowest BCUT2D eigenvalue weighted by molar-refractivity contribution is -0.123. The Hall–Kier alpha value is -2.76. The average Bonchev–Trinajstić information content (AvgIpc) is 2.90. The number of nitrogens with zero attached hydrogens (tertiary/aromatic N) is 1. The maximum Gasteiger partial charge on any atom is 0.340 e. The number of carbonyl (C=O) groups is 2. The number of benzene rings is 1. The van der Waals surface area contributed by atoms with Gasteiger partial charge in [-0.05, 0) is 52.8 Å². The second-order valence-electron chi connectivity index (χ2n) is 6.00. The summed E-state index contributed by atoms with van der Waals surface area (Å²) in [5.74, 6) is -0.332. The van der Waals surface area contributed by atoms with E-state index in [4.69, 9.17) is 9.47 Å². The Labute approximate surface area is 154 Å². The highest BCUT2D eigenvalue weighted by atomic mass is 16.5. The van der Waals surface area contributed by atoms with E-state index in [2.05, 4.69) is 5.32 Å². The number of anilines is 1. The van der Waals surface area contributed by atoms with E-state index < -0.39 is 18.0 Å². The van der Waals surface area contributed by atoms with E-state index in [1.807, 2.05) is 38.3 Å². The van der Waals surface area contributed by atoms with Crippen molar-refractivity contribution in [2.75, 3.05) is 11.9 Å². The highest BCUT2D eigenvalue weighted by molar-refractivity contribution is 5.98. The van der Waals surface area contributed by atoms with E-state index in [1.165, 1.54) is 0 Å². The normalized spacial score (nSPS) is 11.7. The Morgan fingerprint density at radius 2 is 1.88 bits per heavy atom. The number of aryl methyl sites for hydroxylation is 1. The molecule has 1 aromatic heterocycles. The molecule has 2 rings (SSSR count). The Morgan fingerprint density at radius 1 is 1.19 bits per heavy atom. The molecule has 0 fully saturated rings. The third-order valence-electron chi connectivity index (χ3n) is 4.21. The smallest absolute Gasteiger partial charge is 0.340 e. The molecule has 26 heavy (non-hydrogen) atoms. The molecule has 1 unspecified atom stereocenters. The molecule has 0 saturated carbocycles. The number of hydrogen-bond acceptors (Lipinski definition) is 4. The van der Waals surface area contributed by atoms with Gasteiger partial charge in [-0.15, -0.1) is 0 Å². The predicted octanol–water partition coefficient (Wildman–Crippen LogP) is 3.71. The van der Waals surface area contributed by atoms with Crippen LogP contribution in [0.5, 0.6) is 5.75 Å². The topological polar surface area (TPSA) is 69.6 Å². The molecule has 0 aliphatic carbocycles. The molecule has 0 radical (unpaired) electrons. The summed E-state index contributed by atoms with van der Waals surface area (Å²) in [5, 5.41) is 2.75. The largest absolute Gasteiger partial charge is 0.492 e. The Kier molecular flexibility index (Phi) is 6.44. The van der Waals surface area contributed by atoms with Crippen molar-refractivity contribution in [1.29, 1.82) is 0 Å². The number of nitrogens with one attached hydrogen (secondary N) is 1. The minimum absolute atomic E-state index is 0.408. The summed E-state index contributed by atoms with van der Waals surface area (Å²) in [6, 6.07) is 8.93. The molecule has 1 atom stereocenters. The van der Waals surface area contributed by atoms with Gasteiger partial charge in [0, 0.05) is 17.9 Å². The molecule has 6 nitrogen and oxygen atoms in total. The van der Waals surface area contributed by atoms with Crippen LogP contribution in [-0.2, 0) is 16.1 Å². The maximum atomic E-state index is 12.4.